The summed E-state index contributed by atoms with van der Waals surface area (Å²) >= 11 is 5.92. The van der Waals surface area contributed by atoms with E-state index in [2.05, 4.69) is 15.1 Å². The van der Waals surface area contributed by atoms with E-state index < -0.39 is 52.0 Å². The molecule has 0 radical (unpaired) electrons. The summed E-state index contributed by atoms with van der Waals surface area (Å²) in [5.41, 5.74) is -2.32. The number of rotatable bonds is 4. The van der Waals surface area contributed by atoms with Crippen LogP contribution in [-0.2, 0) is 14.2 Å². The van der Waals surface area contributed by atoms with E-state index in [0.717, 1.165) is 4.68 Å². The lowest BCUT2D eigenvalue weighted by atomic mass is 10.2. The highest BCUT2D eigenvalue weighted by Gasteiger charge is 2.34. The summed E-state index contributed by atoms with van der Waals surface area (Å²) in [5.74, 6) is -3.35. The van der Waals surface area contributed by atoms with Crippen molar-refractivity contribution in [3.05, 3.63) is 28.6 Å². The summed E-state index contributed by atoms with van der Waals surface area (Å²) in [4.78, 5) is 45.8. The van der Waals surface area contributed by atoms with Crippen molar-refractivity contribution in [1.82, 2.24) is 19.7 Å². The van der Waals surface area contributed by atoms with E-state index in [-0.39, 0.29) is 18.1 Å². The van der Waals surface area contributed by atoms with Gasteiger partial charge in [-0.25, -0.2) is 28.7 Å². The molecule has 2 aromatic rings. The molecule has 0 aliphatic rings. The zero-order valence-corrected chi connectivity index (χ0v) is 21.0. The first-order valence-electron chi connectivity index (χ1n) is 10.3. The Balaban J connectivity index is 2.69. The van der Waals surface area contributed by atoms with Crippen LogP contribution in [0.15, 0.2) is 6.07 Å². The van der Waals surface area contributed by atoms with Gasteiger partial charge < -0.3 is 14.2 Å². The molecule has 0 aliphatic carbocycles. The summed E-state index contributed by atoms with van der Waals surface area (Å²) in [6.07, 6.45) is -1.92. The minimum Gasteiger partial charge on any atom is -0.461 e. The first kappa shape index (κ1) is 27.0. The molecule has 0 saturated heterocycles. The van der Waals surface area contributed by atoms with Gasteiger partial charge in [0.2, 0.25) is 5.28 Å². The smallest absolute Gasteiger partial charge is 0.435 e. The molecule has 34 heavy (non-hydrogen) atoms. The standard InChI is InChI=1S/C21H27ClFN5O6/c1-9-32-16(29)14-13(23)15(25-17(22)24-14)27(18(30)33-20(3,4)5)12-10-11(2)28(26-12)19(31)34-21(6,7)8/h10H,9H2,1-8H3. The van der Waals surface area contributed by atoms with Gasteiger partial charge in [0.25, 0.3) is 0 Å². The molecule has 13 heteroatoms. The molecule has 0 aliphatic heterocycles. The van der Waals surface area contributed by atoms with Crippen molar-refractivity contribution in [3.63, 3.8) is 0 Å². The molecule has 2 aromatic heterocycles. The van der Waals surface area contributed by atoms with Crippen LogP contribution in [0.25, 0.3) is 0 Å². The van der Waals surface area contributed by atoms with Gasteiger partial charge in [-0.05, 0) is 67.0 Å². The van der Waals surface area contributed by atoms with Crippen LogP contribution in [-0.4, -0.2) is 55.7 Å². The number of aryl methyl sites for hydroxylation is 1. The fourth-order valence-electron chi connectivity index (χ4n) is 2.55. The highest BCUT2D eigenvalue weighted by molar-refractivity contribution is 6.28. The molecular weight excluding hydrogens is 473 g/mol. The number of hydrogen-bond donors (Lipinski definition) is 0. The van der Waals surface area contributed by atoms with Crippen molar-refractivity contribution >= 4 is 41.4 Å². The van der Waals surface area contributed by atoms with Crippen LogP contribution in [0.3, 0.4) is 0 Å². The third-order valence-corrected chi connectivity index (χ3v) is 3.90. The Kier molecular flexibility index (Phi) is 7.87. The Morgan fingerprint density at radius 3 is 2.21 bits per heavy atom. The molecule has 0 spiro atoms. The highest BCUT2D eigenvalue weighted by atomic mass is 35.5. The lowest BCUT2D eigenvalue weighted by Crippen LogP contribution is -2.36. The van der Waals surface area contributed by atoms with E-state index >= 15 is 4.39 Å². The zero-order valence-electron chi connectivity index (χ0n) is 20.2. The molecule has 0 saturated carbocycles. The van der Waals surface area contributed by atoms with Crippen molar-refractivity contribution < 1.29 is 33.0 Å². The quantitative estimate of drug-likeness (QED) is 0.331. The molecule has 0 N–H and O–H groups in total. The summed E-state index contributed by atoms with van der Waals surface area (Å²) < 4.78 is 31.8. The Morgan fingerprint density at radius 1 is 1.09 bits per heavy atom. The molecular formula is C21H27ClFN5O6. The predicted octanol–water partition coefficient (Wildman–Crippen LogP) is 4.81. The highest BCUT2D eigenvalue weighted by Crippen LogP contribution is 2.30. The van der Waals surface area contributed by atoms with Crippen LogP contribution in [0.5, 0.6) is 0 Å². The number of nitrogens with zero attached hydrogens (tertiary/aromatic N) is 5. The molecule has 2 rings (SSSR count). The van der Waals surface area contributed by atoms with Gasteiger partial charge in [0.05, 0.1) is 12.3 Å². The van der Waals surface area contributed by atoms with E-state index in [1.165, 1.54) is 19.9 Å². The lowest BCUT2D eigenvalue weighted by molar-refractivity contribution is 0.0502. The Morgan fingerprint density at radius 2 is 1.68 bits per heavy atom. The van der Waals surface area contributed by atoms with Gasteiger partial charge in [-0.1, -0.05) is 0 Å². The zero-order chi connectivity index (χ0) is 26.0. The van der Waals surface area contributed by atoms with Crippen molar-refractivity contribution in [2.75, 3.05) is 11.5 Å². The average Bonchev–Trinajstić information content (AvgIpc) is 3.03. The second kappa shape index (κ2) is 9.92. The molecule has 0 unspecified atom stereocenters. The van der Waals surface area contributed by atoms with Gasteiger partial charge in [-0.2, -0.15) is 9.67 Å². The Labute approximate surface area is 201 Å². The molecule has 1 amide bonds. The van der Waals surface area contributed by atoms with Crippen molar-refractivity contribution in [1.29, 1.82) is 0 Å². The first-order valence-corrected chi connectivity index (χ1v) is 10.6. The number of ether oxygens (including phenoxy) is 3. The molecule has 0 atom stereocenters. The van der Waals surface area contributed by atoms with Crippen molar-refractivity contribution in [2.24, 2.45) is 0 Å². The van der Waals surface area contributed by atoms with Crippen LogP contribution in [0.2, 0.25) is 5.28 Å². The van der Waals surface area contributed by atoms with E-state index in [0.29, 0.717) is 4.90 Å². The lowest BCUT2D eigenvalue weighted by Gasteiger charge is -2.25. The molecule has 11 nitrogen and oxygen atoms in total. The summed E-state index contributed by atoms with van der Waals surface area (Å²) in [6.45, 7) is 12.8. The third-order valence-electron chi connectivity index (χ3n) is 3.73. The first-order chi connectivity index (χ1) is 15.5. The van der Waals surface area contributed by atoms with Gasteiger partial charge in [-0.3, -0.25) is 0 Å². The van der Waals surface area contributed by atoms with Crippen LogP contribution >= 0.6 is 11.6 Å². The Bertz CT molecular complexity index is 1110. The fourth-order valence-corrected chi connectivity index (χ4v) is 2.71. The monoisotopic (exact) mass is 499 g/mol. The number of amides is 1. The maximum atomic E-state index is 15.4. The van der Waals surface area contributed by atoms with Crippen LogP contribution in [0.4, 0.5) is 25.6 Å². The van der Waals surface area contributed by atoms with E-state index in [4.69, 9.17) is 25.8 Å². The number of halogens is 2. The maximum Gasteiger partial charge on any atom is 0.435 e. The Hall–Kier alpha value is -3.28. The van der Waals surface area contributed by atoms with E-state index in [1.54, 1.807) is 41.5 Å². The van der Waals surface area contributed by atoms with Crippen molar-refractivity contribution in [3.8, 4) is 0 Å². The third kappa shape index (κ3) is 6.62. The topological polar surface area (TPSA) is 126 Å². The second-order valence-electron chi connectivity index (χ2n) is 9.05. The molecule has 2 heterocycles. The van der Waals surface area contributed by atoms with Crippen LogP contribution in [0, 0.1) is 12.7 Å². The number of carbonyl (C=O) groups is 3. The molecule has 0 aromatic carbocycles. The van der Waals surface area contributed by atoms with Crippen molar-refractivity contribution in [2.45, 2.75) is 66.6 Å². The van der Waals surface area contributed by atoms with Gasteiger partial charge in [0.15, 0.2) is 23.1 Å². The van der Waals surface area contributed by atoms with E-state index in [9.17, 15) is 14.4 Å². The number of anilines is 2. The van der Waals surface area contributed by atoms with E-state index in [1.807, 2.05) is 0 Å². The SMILES string of the molecule is CCOC(=O)c1nc(Cl)nc(N(C(=O)OC(C)(C)C)c2cc(C)n(C(=O)OC(C)(C)C)n2)c1F. The summed E-state index contributed by atoms with van der Waals surface area (Å²) in [6, 6.07) is 1.31. The summed E-state index contributed by atoms with van der Waals surface area (Å²) in [5, 5.41) is 3.55. The minimum absolute atomic E-state index is 0.0511. The predicted molar refractivity (Wildman–Crippen MR) is 120 cm³/mol. The maximum absolute atomic E-state index is 15.4. The fraction of sp³-hybridized carbons (Fsp3) is 0.524. The van der Waals surface area contributed by atoms with Gasteiger partial charge in [0, 0.05) is 6.07 Å². The number of esters is 1. The normalized spacial score (nSPS) is 11.7. The summed E-state index contributed by atoms with van der Waals surface area (Å²) in [7, 11) is 0. The average molecular weight is 500 g/mol. The van der Waals surface area contributed by atoms with Gasteiger partial charge >= 0.3 is 18.2 Å². The number of hydrogen-bond acceptors (Lipinski definition) is 9. The van der Waals surface area contributed by atoms with Crippen LogP contribution < -0.4 is 4.90 Å². The molecule has 0 bridgehead atoms. The number of aromatic nitrogens is 4. The number of carbonyl (C=O) groups excluding carboxylic acids is 3. The van der Waals surface area contributed by atoms with Gasteiger partial charge in [-0.15, -0.1) is 5.10 Å². The second-order valence-corrected chi connectivity index (χ2v) is 9.39. The van der Waals surface area contributed by atoms with Gasteiger partial charge in [0.1, 0.15) is 11.2 Å². The van der Waals surface area contributed by atoms with Crippen LogP contribution in [0.1, 0.15) is 64.6 Å². The minimum atomic E-state index is -1.29. The largest absolute Gasteiger partial charge is 0.461 e. The molecule has 0 fully saturated rings. The molecule has 186 valence electrons.